The fourth-order valence-corrected chi connectivity index (χ4v) is 1.51. The van der Waals surface area contributed by atoms with Crippen LogP contribution in [0.25, 0.3) is 0 Å². The lowest BCUT2D eigenvalue weighted by Crippen LogP contribution is -2.12. The van der Waals surface area contributed by atoms with Crippen LogP contribution >= 0.6 is 11.8 Å². The molecule has 0 amide bonds. The molecule has 1 atom stereocenters. The summed E-state index contributed by atoms with van der Waals surface area (Å²) < 4.78 is 12.9. The first kappa shape index (κ1) is 10.9. The largest absolute Gasteiger partial charge is 0.301 e. The van der Waals surface area contributed by atoms with Crippen molar-refractivity contribution in [3.63, 3.8) is 0 Å². The smallest absolute Gasteiger partial charge is 0.251 e. The average molecular weight is 216 g/mol. The van der Waals surface area contributed by atoms with Gasteiger partial charge in [0.2, 0.25) is 5.50 Å². The van der Waals surface area contributed by atoms with Gasteiger partial charge in [-0.1, -0.05) is 0 Å². The normalized spacial score (nSPS) is 12.5. The molecule has 4 nitrogen and oxygen atoms in total. The van der Waals surface area contributed by atoms with Crippen LogP contribution in [0.4, 0.5) is 4.39 Å². The molecule has 1 rings (SSSR count). The van der Waals surface area contributed by atoms with Gasteiger partial charge in [0.25, 0.3) is 5.56 Å². The SMILES string of the molecule is CC(=O)C(F)Sc1nc(C)cc(=O)[nH]1. The molecule has 1 unspecified atom stereocenters. The van der Waals surface area contributed by atoms with Gasteiger partial charge in [-0.05, 0) is 25.6 Å². The second kappa shape index (κ2) is 4.36. The monoisotopic (exact) mass is 216 g/mol. The van der Waals surface area contributed by atoms with E-state index in [0.717, 1.165) is 6.92 Å². The average Bonchev–Trinajstić information content (AvgIpc) is 2.01. The standard InChI is InChI=1S/C8H9FN2O2S/c1-4-3-6(13)11-8(10-4)14-7(9)5(2)12/h3,7H,1-2H3,(H,10,11,13). The minimum Gasteiger partial charge on any atom is -0.301 e. The second-order valence-electron chi connectivity index (χ2n) is 2.74. The summed E-state index contributed by atoms with van der Waals surface area (Å²) in [5.74, 6) is -0.598. The van der Waals surface area contributed by atoms with Crippen molar-refractivity contribution in [2.45, 2.75) is 24.5 Å². The number of carbonyl (C=O) groups is 1. The number of Topliss-reactive ketones (excluding diaryl/α,β-unsaturated/α-hetero) is 1. The number of nitrogens with one attached hydrogen (secondary N) is 1. The van der Waals surface area contributed by atoms with Crippen molar-refractivity contribution in [1.82, 2.24) is 9.97 Å². The maximum absolute atomic E-state index is 12.9. The Bertz CT molecular complexity index is 405. The highest BCUT2D eigenvalue weighted by atomic mass is 32.2. The minimum absolute atomic E-state index is 0.123. The van der Waals surface area contributed by atoms with Gasteiger partial charge in [-0.25, -0.2) is 9.37 Å². The molecule has 14 heavy (non-hydrogen) atoms. The molecule has 0 radical (unpaired) electrons. The second-order valence-corrected chi connectivity index (χ2v) is 3.77. The fourth-order valence-electron chi connectivity index (χ4n) is 0.788. The van der Waals surface area contributed by atoms with E-state index in [2.05, 4.69) is 9.97 Å². The van der Waals surface area contributed by atoms with Crippen LogP contribution in [-0.4, -0.2) is 21.3 Å². The van der Waals surface area contributed by atoms with Crippen LogP contribution in [0.3, 0.4) is 0 Å². The van der Waals surface area contributed by atoms with E-state index in [4.69, 9.17) is 0 Å². The van der Waals surface area contributed by atoms with Gasteiger partial charge < -0.3 is 4.98 Å². The number of alkyl halides is 1. The number of H-pyrrole nitrogens is 1. The van der Waals surface area contributed by atoms with Gasteiger partial charge in [0.05, 0.1) is 0 Å². The number of carbonyl (C=O) groups excluding carboxylic acids is 1. The van der Waals surface area contributed by atoms with E-state index >= 15 is 0 Å². The molecule has 0 saturated heterocycles. The summed E-state index contributed by atoms with van der Waals surface area (Å²) in [7, 11) is 0. The molecular weight excluding hydrogens is 207 g/mol. The first-order valence-corrected chi connectivity index (χ1v) is 4.76. The zero-order valence-electron chi connectivity index (χ0n) is 7.70. The Labute approximate surface area is 83.9 Å². The lowest BCUT2D eigenvalue weighted by molar-refractivity contribution is -0.118. The Morgan fingerprint density at radius 3 is 2.86 bits per heavy atom. The highest BCUT2D eigenvalue weighted by Gasteiger charge is 2.15. The zero-order chi connectivity index (χ0) is 10.7. The summed E-state index contributed by atoms with van der Waals surface area (Å²) in [6.45, 7) is 2.77. The highest BCUT2D eigenvalue weighted by Crippen LogP contribution is 2.19. The van der Waals surface area contributed by atoms with Gasteiger partial charge in [0.1, 0.15) is 0 Å². The third kappa shape index (κ3) is 2.95. The summed E-state index contributed by atoms with van der Waals surface area (Å²) in [4.78, 5) is 27.8. The molecule has 0 saturated carbocycles. The number of aromatic nitrogens is 2. The van der Waals surface area contributed by atoms with Crippen molar-refractivity contribution < 1.29 is 9.18 Å². The molecule has 1 aromatic rings. The molecule has 1 N–H and O–H groups in total. The van der Waals surface area contributed by atoms with E-state index in [1.807, 2.05) is 0 Å². The first-order valence-electron chi connectivity index (χ1n) is 3.88. The van der Waals surface area contributed by atoms with Crippen molar-refractivity contribution in [3.8, 4) is 0 Å². The van der Waals surface area contributed by atoms with Crippen molar-refractivity contribution in [2.24, 2.45) is 0 Å². The Morgan fingerprint density at radius 2 is 2.36 bits per heavy atom. The summed E-state index contributed by atoms with van der Waals surface area (Å²) in [5, 5.41) is 0.123. The predicted molar refractivity (Wildman–Crippen MR) is 51.0 cm³/mol. The third-order valence-electron chi connectivity index (χ3n) is 1.38. The van der Waals surface area contributed by atoms with Crippen molar-refractivity contribution in [3.05, 3.63) is 22.1 Å². The lowest BCUT2D eigenvalue weighted by atomic mass is 10.5. The summed E-state index contributed by atoms with van der Waals surface area (Å²) in [6, 6.07) is 1.30. The molecule has 76 valence electrons. The molecule has 0 fully saturated rings. The van der Waals surface area contributed by atoms with Crippen molar-refractivity contribution in [2.75, 3.05) is 0 Å². The number of nitrogens with zero attached hydrogens (tertiary/aromatic N) is 1. The van der Waals surface area contributed by atoms with Gasteiger partial charge in [-0.2, -0.15) is 0 Å². The Hall–Kier alpha value is -1.17. The van der Waals surface area contributed by atoms with E-state index in [-0.39, 0.29) is 10.7 Å². The summed E-state index contributed by atoms with van der Waals surface area (Å²) in [5.41, 5.74) is -1.54. The summed E-state index contributed by atoms with van der Waals surface area (Å²) >= 11 is 0.597. The molecule has 0 aliphatic rings. The van der Waals surface area contributed by atoms with E-state index < -0.39 is 11.3 Å². The Balaban J connectivity index is 2.87. The van der Waals surface area contributed by atoms with Crippen LogP contribution in [0.1, 0.15) is 12.6 Å². The molecule has 6 heteroatoms. The zero-order valence-corrected chi connectivity index (χ0v) is 8.52. The number of aromatic amines is 1. The molecule has 0 aliphatic carbocycles. The van der Waals surface area contributed by atoms with Crippen LogP contribution in [0.2, 0.25) is 0 Å². The molecular formula is C8H9FN2O2S. The Kier molecular flexibility index (Phi) is 3.40. The van der Waals surface area contributed by atoms with E-state index in [9.17, 15) is 14.0 Å². The molecule has 0 aromatic carbocycles. The molecule has 1 aromatic heterocycles. The van der Waals surface area contributed by atoms with Crippen LogP contribution in [0.5, 0.6) is 0 Å². The van der Waals surface area contributed by atoms with Gasteiger partial charge in [-0.3, -0.25) is 9.59 Å². The number of hydrogen-bond donors (Lipinski definition) is 1. The maximum Gasteiger partial charge on any atom is 0.251 e. The third-order valence-corrected chi connectivity index (χ3v) is 2.34. The maximum atomic E-state index is 12.9. The van der Waals surface area contributed by atoms with Crippen LogP contribution in [0.15, 0.2) is 16.0 Å². The molecule has 0 aliphatic heterocycles. The molecule has 0 bridgehead atoms. The quantitative estimate of drug-likeness (QED) is 0.606. The van der Waals surface area contributed by atoms with E-state index in [0.29, 0.717) is 17.5 Å². The van der Waals surface area contributed by atoms with Crippen molar-refractivity contribution >= 4 is 17.5 Å². The number of aryl methyl sites for hydroxylation is 1. The highest BCUT2D eigenvalue weighted by molar-refractivity contribution is 8.00. The number of rotatable bonds is 3. The van der Waals surface area contributed by atoms with Crippen molar-refractivity contribution in [1.29, 1.82) is 0 Å². The topological polar surface area (TPSA) is 62.8 Å². The number of ketones is 1. The van der Waals surface area contributed by atoms with Gasteiger partial charge in [0.15, 0.2) is 10.9 Å². The van der Waals surface area contributed by atoms with Crippen LogP contribution in [-0.2, 0) is 4.79 Å². The van der Waals surface area contributed by atoms with Gasteiger partial charge >= 0.3 is 0 Å². The summed E-state index contributed by atoms with van der Waals surface area (Å²) in [6.07, 6.45) is 0. The predicted octanol–water partition coefficient (Wildman–Crippen LogP) is 1.06. The van der Waals surface area contributed by atoms with Gasteiger partial charge in [0, 0.05) is 11.8 Å². The number of halogens is 1. The number of hydrogen-bond acceptors (Lipinski definition) is 4. The molecule has 0 spiro atoms. The lowest BCUT2D eigenvalue weighted by Gasteiger charge is -2.02. The molecule has 1 heterocycles. The minimum atomic E-state index is -1.68. The number of thioether (sulfide) groups is 1. The Morgan fingerprint density at radius 1 is 1.71 bits per heavy atom. The van der Waals surface area contributed by atoms with Crippen LogP contribution in [0, 0.1) is 6.92 Å². The van der Waals surface area contributed by atoms with E-state index in [1.54, 1.807) is 6.92 Å². The van der Waals surface area contributed by atoms with Gasteiger partial charge in [-0.15, -0.1) is 0 Å². The fraction of sp³-hybridized carbons (Fsp3) is 0.375. The van der Waals surface area contributed by atoms with Crippen LogP contribution < -0.4 is 5.56 Å². The first-order chi connectivity index (χ1) is 6.49. The van der Waals surface area contributed by atoms with E-state index in [1.165, 1.54) is 6.07 Å².